The maximum atomic E-state index is 11.0. The summed E-state index contributed by atoms with van der Waals surface area (Å²) < 4.78 is 1.65. The Bertz CT molecular complexity index is 472. The van der Waals surface area contributed by atoms with Crippen molar-refractivity contribution in [2.45, 2.75) is 0 Å². The fourth-order valence-electron chi connectivity index (χ4n) is 1.74. The van der Waals surface area contributed by atoms with Gasteiger partial charge in [-0.2, -0.15) is 0 Å². The zero-order valence-corrected chi connectivity index (χ0v) is 7.82. The minimum absolute atomic E-state index is 0.256. The van der Waals surface area contributed by atoms with Gasteiger partial charge in [-0.25, -0.2) is 4.79 Å². The Morgan fingerprint density at radius 2 is 2.07 bits per heavy atom. The van der Waals surface area contributed by atoms with Crippen LogP contribution in [0.4, 0.5) is 0 Å². The molecule has 0 fully saturated rings. The average Bonchev–Trinajstić information content (AvgIpc) is 2.41. The number of nitrogens with zero attached hydrogens (tertiary/aromatic N) is 1. The standard InChI is InChI=1S/C11H10NO2/c1-7-8-5-3-4-6-9(8)12(2)10(7)11(13)14/h3-6H,1H2,2H3,(H,13,14). The average molecular weight is 188 g/mol. The quantitative estimate of drug-likeness (QED) is 0.744. The van der Waals surface area contributed by atoms with Crippen LogP contribution in [0.5, 0.6) is 0 Å². The van der Waals surface area contributed by atoms with Gasteiger partial charge in [0.05, 0.1) is 0 Å². The van der Waals surface area contributed by atoms with Gasteiger partial charge in [0.25, 0.3) is 0 Å². The highest BCUT2D eigenvalue weighted by molar-refractivity contribution is 5.98. The molecule has 0 aliphatic carbocycles. The van der Waals surface area contributed by atoms with E-state index in [-0.39, 0.29) is 5.69 Å². The van der Waals surface area contributed by atoms with Crippen LogP contribution in [-0.4, -0.2) is 15.6 Å². The number of hydrogen-bond donors (Lipinski definition) is 1. The number of carbonyl (C=O) groups is 1. The lowest BCUT2D eigenvalue weighted by molar-refractivity contribution is 0.0686. The van der Waals surface area contributed by atoms with Crippen molar-refractivity contribution in [3.8, 4) is 0 Å². The molecule has 2 rings (SSSR count). The van der Waals surface area contributed by atoms with Crippen LogP contribution in [0.3, 0.4) is 0 Å². The summed E-state index contributed by atoms with van der Waals surface area (Å²) in [4.78, 5) is 11.0. The van der Waals surface area contributed by atoms with Gasteiger partial charge in [-0.3, -0.25) is 0 Å². The second-order valence-electron chi connectivity index (χ2n) is 3.21. The number of hydrogen-bond acceptors (Lipinski definition) is 1. The lowest BCUT2D eigenvalue weighted by atomic mass is 10.1. The molecule has 0 aliphatic heterocycles. The van der Waals surface area contributed by atoms with Gasteiger partial charge in [-0.05, 0) is 18.6 Å². The topological polar surface area (TPSA) is 42.2 Å². The first kappa shape index (κ1) is 8.81. The first-order valence-electron chi connectivity index (χ1n) is 4.25. The molecule has 1 aromatic carbocycles. The molecule has 1 aromatic heterocycles. The number of carboxylic acids is 1. The van der Waals surface area contributed by atoms with E-state index in [2.05, 4.69) is 6.92 Å². The molecule has 1 N–H and O–H groups in total. The van der Waals surface area contributed by atoms with E-state index in [1.54, 1.807) is 11.6 Å². The van der Waals surface area contributed by atoms with E-state index in [9.17, 15) is 4.79 Å². The molecule has 0 bridgehead atoms. The molecule has 3 nitrogen and oxygen atoms in total. The van der Waals surface area contributed by atoms with Gasteiger partial charge < -0.3 is 9.67 Å². The first-order valence-corrected chi connectivity index (χ1v) is 4.25. The van der Waals surface area contributed by atoms with Gasteiger partial charge in [-0.1, -0.05) is 18.2 Å². The maximum Gasteiger partial charge on any atom is 0.352 e. The third-order valence-electron chi connectivity index (χ3n) is 2.41. The van der Waals surface area contributed by atoms with Crippen molar-refractivity contribution in [3.05, 3.63) is 42.4 Å². The van der Waals surface area contributed by atoms with Gasteiger partial charge in [0.15, 0.2) is 0 Å². The molecule has 3 heteroatoms. The third kappa shape index (κ3) is 1.02. The summed E-state index contributed by atoms with van der Waals surface area (Å²) in [5, 5.41) is 9.88. The summed E-state index contributed by atoms with van der Waals surface area (Å²) in [7, 11) is 1.74. The third-order valence-corrected chi connectivity index (χ3v) is 2.41. The van der Waals surface area contributed by atoms with Crippen LogP contribution in [0, 0.1) is 6.92 Å². The number of para-hydroxylation sites is 1. The molecule has 14 heavy (non-hydrogen) atoms. The zero-order valence-electron chi connectivity index (χ0n) is 7.82. The van der Waals surface area contributed by atoms with Crippen molar-refractivity contribution < 1.29 is 9.90 Å². The molecule has 0 amide bonds. The smallest absolute Gasteiger partial charge is 0.352 e. The summed E-state index contributed by atoms with van der Waals surface area (Å²) in [6.07, 6.45) is 0. The second-order valence-corrected chi connectivity index (χ2v) is 3.21. The van der Waals surface area contributed by atoms with Gasteiger partial charge in [0.2, 0.25) is 0 Å². The van der Waals surface area contributed by atoms with E-state index in [0.29, 0.717) is 5.56 Å². The van der Waals surface area contributed by atoms with Crippen molar-refractivity contribution in [1.82, 2.24) is 4.57 Å². The lowest BCUT2D eigenvalue weighted by Crippen LogP contribution is -2.05. The van der Waals surface area contributed by atoms with E-state index < -0.39 is 5.97 Å². The van der Waals surface area contributed by atoms with Crippen LogP contribution in [0.1, 0.15) is 16.1 Å². The number of aromatic nitrogens is 1. The Labute approximate surface area is 81.6 Å². The van der Waals surface area contributed by atoms with Crippen LogP contribution in [-0.2, 0) is 7.05 Å². The van der Waals surface area contributed by atoms with Crippen molar-refractivity contribution in [3.63, 3.8) is 0 Å². The maximum absolute atomic E-state index is 11.0. The van der Waals surface area contributed by atoms with E-state index in [4.69, 9.17) is 5.11 Å². The second kappa shape index (κ2) is 2.87. The van der Waals surface area contributed by atoms with Crippen LogP contribution in [0.25, 0.3) is 10.9 Å². The van der Waals surface area contributed by atoms with Crippen molar-refractivity contribution in [2.24, 2.45) is 7.05 Å². The Hall–Kier alpha value is -1.77. The van der Waals surface area contributed by atoms with Crippen LogP contribution < -0.4 is 0 Å². The number of aryl methyl sites for hydroxylation is 1. The van der Waals surface area contributed by atoms with Gasteiger partial charge in [-0.15, -0.1) is 0 Å². The molecule has 0 unspecified atom stereocenters. The van der Waals surface area contributed by atoms with Crippen LogP contribution in [0.15, 0.2) is 24.3 Å². The molecule has 0 atom stereocenters. The Balaban J connectivity index is 2.92. The number of fused-ring (bicyclic) bond motifs is 1. The van der Waals surface area contributed by atoms with Crippen LogP contribution in [0.2, 0.25) is 0 Å². The largest absolute Gasteiger partial charge is 0.477 e. The SMILES string of the molecule is [CH2]c1c(C(=O)O)n(C)c2ccccc12. The number of aromatic carboxylic acids is 1. The molecule has 1 heterocycles. The van der Waals surface area contributed by atoms with Crippen molar-refractivity contribution in [1.29, 1.82) is 0 Å². The highest BCUT2D eigenvalue weighted by atomic mass is 16.4. The summed E-state index contributed by atoms with van der Waals surface area (Å²) in [5.41, 5.74) is 1.73. The first-order chi connectivity index (χ1) is 6.63. The van der Waals surface area contributed by atoms with Gasteiger partial charge in [0, 0.05) is 18.0 Å². The molecule has 1 radical (unpaired) electrons. The van der Waals surface area contributed by atoms with E-state index in [0.717, 1.165) is 10.9 Å². The number of rotatable bonds is 1. The van der Waals surface area contributed by atoms with Gasteiger partial charge in [0.1, 0.15) is 5.69 Å². The summed E-state index contributed by atoms with van der Waals surface area (Å²) in [5.74, 6) is -0.936. The molecular weight excluding hydrogens is 178 g/mol. The molecular formula is C11H10NO2. The Morgan fingerprint density at radius 3 is 2.64 bits per heavy atom. The summed E-state index contributed by atoms with van der Waals surface area (Å²) in [6.45, 7) is 3.79. The number of benzene rings is 1. The molecule has 2 aromatic rings. The molecule has 0 saturated heterocycles. The van der Waals surface area contributed by atoms with Crippen molar-refractivity contribution in [2.75, 3.05) is 0 Å². The minimum Gasteiger partial charge on any atom is -0.477 e. The molecule has 0 aliphatic rings. The monoisotopic (exact) mass is 188 g/mol. The summed E-state index contributed by atoms with van der Waals surface area (Å²) >= 11 is 0. The Kier molecular flexibility index (Phi) is 1.81. The van der Waals surface area contributed by atoms with E-state index in [1.807, 2.05) is 24.3 Å². The number of carboxylic acid groups (broad SMARTS) is 1. The predicted molar refractivity (Wildman–Crippen MR) is 54.3 cm³/mol. The van der Waals surface area contributed by atoms with E-state index in [1.165, 1.54) is 0 Å². The Morgan fingerprint density at radius 1 is 1.43 bits per heavy atom. The van der Waals surface area contributed by atoms with Crippen molar-refractivity contribution >= 4 is 16.9 Å². The fraction of sp³-hybridized carbons (Fsp3) is 0.0909. The predicted octanol–water partition coefficient (Wildman–Crippen LogP) is 2.06. The highest BCUT2D eigenvalue weighted by Gasteiger charge is 2.16. The van der Waals surface area contributed by atoms with E-state index >= 15 is 0 Å². The normalized spacial score (nSPS) is 10.7. The van der Waals surface area contributed by atoms with Crippen LogP contribution >= 0.6 is 0 Å². The lowest BCUT2D eigenvalue weighted by Gasteiger charge is -1.98. The summed E-state index contributed by atoms with van der Waals surface area (Å²) in [6, 6.07) is 7.52. The zero-order chi connectivity index (χ0) is 10.3. The molecule has 0 saturated carbocycles. The van der Waals surface area contributed by atoms with Gasteiger partial charge >= 0.3 is 5.97 Å². The highest BCUT2D eigenvalue weighted by Crippen LogP contribution is 2.23. The molecule has 0 spiro atoms. The molecule has 71 valence electrons. The fourth-order valence-corrected chi connectivity index (χ4v) is 1.74. The minimum atomic E-state index is -0.936.